The molecule has 0 spiro atoms. The molecule has 0 aliphatic heterocycles. The monoisotopic (exact) mass is 490 g/mol. The van der Waals surface area contributed by atoms with Crippen LogP contribution in [0.4, 0.5) is 0 Å². The van der Waals surface area contributed by atoms with Crippen LogP contribution in [0.1, 0.15) is 27.0 Å². The first-order valence-corrected chi connectivity index (χ1v) is 13.2. The molecule has 5 rings (SSSR count). The zero-order chi connectivity index (χ0) is 23.2. The number of ketones is 1. The van der Waals surface area contributed by atoms with Crippen molar-refractivity contribution in [2.24, 2.45) is 4.40 Å². The maximum Gasteiger partial charge on any atom is 0.283 e. The van der Waals surface area contributed by atoms with Gasteiger partial charge in [-0.2, -0.15) is 12.8 Å². The number of thiazole rings is 1. The van der Waals surface area contributed by atoms with E-state index in [1.165, 1.54) is 23.1 Å². The third kappa shape index (κ3) is 4.17. The number of carbonyl (C=O) groups excluding carboxylic acids is 1. The number of fused-ring (bicyclic) bond motifs is 2. The molecule has 33 heavy (non-hydrogen) atoms. The minimum atomic E-state index is -3.98. The van der Waals surface area contributed by atoms with Gasteiger partial charge in [0.2, 0.25) is 5.78 Å². The summed E-state index contributed by atoms with van der Waals surface area (Å²) in [6, 6.07) is 20.0. The smallest absolute Gasteiger partial charge is 0.283 e. The first-order chi connectivity index (χ1) is 15.8. The summed E-state index contributed by atoms with van der Waals surface area (Å²) in [5.41, 5.74) is 3.50. The second-order valence-corrected chi connectivity index (χ2v) is 11.5. The van der Waals surface area contributed by atoms with Crippen LogP contribution >= 0.6 is 23.1 Å². The number of allylic oxidation sites excluding steroid dienone is 2. The Morgan fingerprint density at radius 3 is 2.45 bits per heavy atom. The molecule has 0 saturated heterocycles. The van der Waals surface area contributed by atoms with Crippen LogP contribution in [0.3, 0.4) is 0 Å². The zero-order valence-electron chi connectivity index (χ0n) is 17.8. The lowest BCUT2D eigenvalue weighted by Crippen LogP contribution is -2.17. The molecule has 0 unspecified atom stereocenters. The van der Waals surface area contributed by atoms with Gasteiger partial charge in [-0.25, -0.2) is 4.98 Å². The van der Waals surface area contributed by atoms with E-state index in [2.05, 4.69) is 9.38 Å². The van der Waals surface area contributed by atoms with Crippen LogP contribution in [-0.2, 0) is 10.0 Å². The quantitative estimate of drug-likeness (QED) is 0.353. The molecule has 1 aromatic heterocycles. The average molecular weight is 491 g/mol. The summed E-state index contributed by atoms with van der Waals surface area (Å²) in [4.78, 5) is 18.4. The van der Waals surface area contributed by atoms with Gasteiger partial charge in [0.05, 0.1) is 25.7 Å². The number of hydrogen-bond donors (Lipinski definition) is 0. The minimum absolute atomic E-state index is 0.165. The van der Waals surface area contributed by atoms with Crippen molar-refractivity contribution < 1.29 is 13.2 Å². The van der Waals surface area contributed by atoms with Crippen molar-refractivity contribution in [3.63, 3.8) is 0 Å². The lowest BCUT2D eigenvalue weighted by molar-refractivity contribution is 0.104. The Balaban J connectivity index is 1.62. The van der Waals surface area contributed by atoms with Crippen molar-refractivity contribution in [3.8, 4) is 0 Å². The van der Waals surface area contributed by atoms with Crippen molar-refractivity contribution in [3.05, 3.63) is 100.0 Å². The van der Waals surface area contributed by atoms with Crippen LogP contribution in [-0.4, -0.2) is 24.9 Å². The lowest BCUT2D eigenvalue weighted by Gasteiger charge is -2.16. The summed E-state index contributed by atoms with van der Waals surface area (Å²) in [7, 11) is -3.98. The second kappa shape index (κ2) is 8.37. The van der Waals surface area contributed by atoms with Crippen molar-refractivity contribution in [1.82, 2.24) is 4.98 Å². The van der Waals surface area contributed by atoms with E-state index in [4.69, 9.17) is 0 Å². The molecule has 1 aliphatic rings. The number of aryl methyl sites for hydroxylation is 2. The predicted octanol–water partition coefficient (Wildman–Crippen LogP) is 5.96. The molecule has 1 aliphatic carbocycles. The molecule has 164 valence electrons. The van der Waals surface area contributed by atoms with Gasteiger partial charge in [0, 0.05) is 11.1 Å². The SMILES string of the molecule is Cc1ccc(C)c(S(=O)(=O)N=C2C=C(Sc3nc4ccccc4s3)C(=O)c3ccccc32)c1. The molecule has 4 aromatic rings. The van der Waals surface area contributed by atoms with Crippen molar-refractivity contribution >= 4 is 54.8 Å². The maximum atomic E-state index is 13.2. The Labute approximate surface area is 200 Å². The van der Waals surface area contributed by atoms with E-state index in [1.54, 1.807) is 49.4 Å². The van der Waals surface area contributed by atoms with Crippen molar-refractivity contribution in [2.45, 2.75) is 23.1 Å². The molecular formula is C25H18N2O3S3. The Bertz CT molecular complexity index is 1570. The third-order valence-corrected chi connectivity index (χ3v) is 8.80. The van der Waals surface area contributed by atoms with Gasteiger partial charge in [-0.3, -0.25) is 4.79 Å². The number of para-hydroxylation sites is 1. The Kier molecular flexibility index (Phi) is 5.52. The summed E-state index contributed by atoms with van der Waals surface area (Å²) in [6.45, 7) is 3.59. The van der Waals surface area contributed by atoms with Crippen LogP contribution in [0.5, 0.6) is 0 Å². The highest BCUT2D eigenvalue weighted by molar-refractivity contribution is 8.05. The molecule has 0 fully saturated rings. The molecule has 0 N–H and O–H groups in total. The fourth-order valence-corrected chi connectivity index (χ4v) is 7.03. The minimum Gasteiger partial charge on any atom is -0.288 e. The van der Waals surface area contributed by atoms with Crippen LogP contribution in [0.2, 0.25) is 0 Å². The highest BCUT2D eigenvalue weighted by Gasteiger charge is 2.27. The van der Waals surface area contributed by atoms with E-state index in [9.17, 15) is 13.2 Å². The Hall–Kier alpha value is -3.07. The highest BCUT2D eigenvalue weighted by atomic mass is 32.2. The van der Waals surface area contributed by atoms with E-state index in [-0.39, 0.29) is 16.4 Å². The molecule has 5 nitrogen and oxygen atoms in total. The van der Waals surface area contributed by atoms with E-state index in [0.717, 1.165) is 15.8 Å². The van der Waals surface area contributed by atoms with Crippen LogP contribution < -0.4 is 0 Å². The molecule has 1 heterocycles. The fraction of sp³-hybridized carbons (Fsp3) is 0.0800. The number of Topliss-reactive ketones (excluding diaryl/α,β-unsaturated/α-hetero) is 1. The number of aromatic nitrogens is 1. The first kappa shape index (κ1) is 21.8. The van der Waals surface area contributed by atoms with Crippen LogP contribution in [0, 0.1) is 13.8 Å². The molecule has 0 amide bonds. The number of nitrogens with zero attached hydrogens (tertiary/aromatic N) is 2. The van der Waals surface area contributed by atoms with E-state index in [1.807, 2.05) is 37.3 Å². The van der Waals surface area contributed by atoms with Gasteiger partial charge in [-0.1, -0.05) is 60.3 Å². The van der Waals surface area contributed by atoms with Gasteiger partial charge in [-0.05, 0) is 49.2 Å². The number of sulfonamides is 1. The normalized spacial score (nSPS) is 15.0. The summed E-state index contributed by atoms with van der Waals surface area (Å²) in [6.07, 6.45) is 1.56. The molecule has 0 radical (unpaired) electrons. The molecule has 0 atom stereocenters. The zero-order valence-corrected chi connectivity index (χ0v) is 20.2. The van der Waals surface area contributed by atoms with Crippen molar-refractivity contribution in [1.29, 1.82) is 0 Å². The second-order valence-electron chi connectivity index (χ2n) is 7.65. The fourth-order valence-electron chi connectivity index (χ4n) is 3.61. The van der Waals surface area contributed by atoms with Crippen LogP contribution in [0.25, 0.3) is 10.2 Å². The topological polar surface area (TPSA) is 76.5 Å². The number of hydrogen-bond acceptors (Lipinski definition) is 6. The third-order valence-electron chi connectivity index (χ3n) is 5.25. The standard InChI is InChI=1S/C25H18N2O3S3/c1-15-11-12-16(2)23(13-15)33(29,30)27-20-14-22(24(28)18-8-4-3-7-17(18)20)32-25-26-19-9-5-6-10-21(19)31-25/h3-14H,1-2H3. The molecule has 0 saturated carbocycles. The number of rotatable bonds is 4. The van der Waals surface area contributed by atoms with Gasteiger partial charge >= 0.3 is 0 Å². The maximum absolute atomic E-state index is 13.2. The number of carbonyl (C=O) groups is 1. The van der Waals surface area contributed by atoms with Gasteiger partial charge < -0.3 is 0 Å². The predicted molar refractivity (Wildman–Crippen MR) is 134 cm³/mol. The van der Waals surface area contributed by atoms with Crippen molar-refractivity contribution in [2.75, 3.05) is 0 Å². The molecule has 3 aromatic carbocycles. The van der Waals surface area contributed by atoms with E-state index < -0.39 is 10.0 Å². The van der Waals surface area contributed by atoms with E-state index >= 15 is 0 Å². The summed E-state index contributed by atoms with van der Waals surface area (Å²) >= 11 is 2.73. The molecular weight excluding hydrogens is 472 g/mol. The van der Waals surface area contributed by atoms with E-state index in [0.29, 0.717) is 25.9 Å². The number of thioether (sulfide) groups is 1. The number of benzene rings is 3. The van der Waals surface area contributed by atoms with Gasteiger partial charge in [0.15, 0.2) is 4.34 Å². The molecule has 0 bridgehead atoms. The first-order valence-electron chi connectivity index (χ1n) is 10.1. The van der Waals surface area contributed by atoms with Crippen LogP contribution in [0.15, 0.2) is 91.3 Å². The highest BCUT2D eigenvalue weighted by Crippen LogP contribution is 2.38. The van der Waals surface area contributed by atoms with Gasteiger partial charge in [-0.15, -0.1) is 11.3 Å². The Morgan fingerprint density at radius 1 is 0.939 bits per heavy atom. The average Bonchev–Trinajstić information content (AvgIpc) is 3.21. The summed E-state index contributed by atoms with van der Waals surface area (Å²) in [5.74, 6) is -0.169. The summed E-state index contributed by atoms with van der Waals surface area (Å²) < 4.78 is 32.4. The molecule has 8 heteroatoms. The largest absolute Gasteiger partial charge is 0.288 e. The lowest BCUT2D eigenvalue weighted by atomic mass is 9.94. The Morgan fingerprint density at radius 2 is 1.67 bits per heavy atom. The van der Waals surface area contributed by atoms with Gasteiger partial charge in [0.1, 0.15) is 0 Å². The van der Waals surface area contributed by atoms with Gasteiger partial charge in [0.25, 0.3) is 10.0 Å². The summed E-state index contributed by atoms with van der Waals surface area (Å²) in [5, 5.41) is 0.